The van der Waals surface area contributed by atoms with Gasteiger partial charge in [0.05, 0.1) is 0 Å². The Morgan fingerprint density at radius 2 is 2.20 bits per heavy atom. The van der Waals surface area contributed by atoms with Crippen molar-refractivity contribution >= 4 is 0 Å². The van der Waals surface area contributed by atoms with Gasteiger partial charge in [-0.1, -0.05) is 38.3 Å². The third kappa shape index (κ3) is 5.87. The summed E-state index contributed by atoms with van der Waals surface area (Å²) in [6.07, 6.45) is 8.40. The summed E-state index contributed by atoms with van der Waals surface area (Å²) in [5, 5.41) is 0. The maximum Gasteiger partial charge on any atom is -0.0323 e. The highest BCUT2D eigenvalue weighted by Crippen LogP contribution is 2.07. The fourth-order valence-electron chi connectivity index (χ4n) is 0.897. The third-order valence-corrected chi connectivity index (χ3v) is 1.60. The molecule has 0 bridgehead atoms. The molecule has 0 atom stereocenters. The van der Waals surface area contributed by atoms with Crippen molar-refractivity contribution in [1.82, 2.24) is 0 Å². The summed E-state index contributed by atoms with van der Waals surface area (Å²) in [4.78, 5) is 0. The molecule has 0 aliphatic heterocycles. The number of unbranched alkanes of at least 4 members (excludes halogenated alkanes) is 2. The van der Waals surface area contributed by atoms with Crippen LogP contribution in [0.4, 0.5) is 0 Å². The van der Waals surface area contributed by atoms with Gasteiger partial charge in [-0.25, -0.2) is 0 Å². The molecule has 0 amide bonds. The van der Waals surface area contributed by atoms with Crippen LogP contribution in [0, 0.1) is 6.92 Å². The third-order valence-electron chi connectivity index (χ3n) is 1.60. The zero-order chi connectivity index (χ0) is 7.82. The molecule has 0 aromatic heterocycles. The van der Waals surface area contributed by atoms with Crippen molar-refractivity contribution in [2.75, 3.05) is 0 Å². The van der Waals surface area contributed by atoms with Gasteiger partial charge in [-0.3, -0.25) is 0 Å². The van der Waals surface area contributed by atoms with Crippen molar-refractivity contribution < 1.29 is 0 Å². The first-order valence-corrected chi connectivity index (χ1v) is 4.26. The molecule has 1 radical (unpaired) electrons. The summed E-state index contributed by atoms with van der Waals surface area (Å²) in [6, 6.07) is 0. The number of allylic oxidation sites excluding steroid dienone is 2. The van der Waals surface area contributed by atoms with Crippen LogP contribution in [0.1, 0.15) is 46.0 Å². The van der Waals surface area contributed by atoms with Gasteiger partial charge in [-0.2, -0.15) is 0 Å². The summed E-state index contributed by atoms with van der Waals surface area (Å²) in [6.45, 7) is 8.24. The standard InChI is InChI=1S/C10H19/c1-4-6-8-10(3)9-7-5-2/h9H,1,4-8H2,2-3H3/b10-9+. The molecule has 0 saturated heterocycles. The Hall–Kier alpha value is -0.260. The molecule has 0 aliphatic rings. The Morgan fingerprint density at radius 1 is 1.50 bits per heavy atom. The van der Waals surface area contributed by atoms with E-state index in [9.17, 15) is 0 Å². The zero-order valence-electron chi connectivity index (χ0n) is 7.32. The summed E-state index contributed by atoms with van der Waals surface area (Å²) in [7, 11) is 0. The molecule has 10 heavy (non-hydrogen) atoms. The van der Waals surface area contributed by atoms with E-state index in [-0.39, 0.29) is 0 Å². The molecular formula is C10H19. The van der Waals surface area contributed by atoms with Gasteiger partial charge >= 0.3 is 0 Å². The molecule has 0 aromatic rings. The average Bonchev–Trinajstić information content (AvgIpc) is 1.97. The van der Waals surface area contributed by atoms with Gasteiger partial charge in [-0.05, 0) is 26.2 Å². The van der Waals surface area contributed by atoms with Crippen LogP contribution < -0.4 is 0 Å². The van der Waals surface area contributed by atoms with Crippen LogP contribution in [0.5, 0.6) is 0 Å². The second-order valence-corrected chi connectivity index (χ2v) is 2.80. The van der Waals surface area contributed by atoms with Crippen molar-refractivity contribution in [3.63, 3.8) is 0 Å². The van der Waals surface area contributed by atoms with E-state index < -0.39 is 0 Å². The van der Waals surface area contributed by atoms with Gasteiger partial charge in [0.15, 0.2) is 0 Å². The lowest BCUT2D eigenvalue weighted by atomic mass is 10.1. The second kappa shape index (κ2) is 6.85. The maximum absolute atomic E-state index is 3.81. The van der Waals surface area contributed by atoms with E-state index in [0.29, 0.717) is 0 Å². The van der Waals surface area contributed by atoms with Crippen LogP contribution in [0.2, 0.25) is 0 Å². The van der Waals surface area contributed by atoms with Crippen LogP contribution in [-0.2, 0) is 0 Å². The van der Waals surface area contributed by atoms with Gasteiger partial charge in [0.1, 0.15) is 0 Å². The molecule has 0 saturated carbocycles. The van der Waals surface area contributed by atoms with E-state index in [2.05, 4.69) is 26.8 Å². The van der Waals surface area contributed by atoms with Gasteiger partial charge in [0.25, 0.3) is 0 Å². The number of rotatable bonds is 5. The molecule has 0 spiro atoms. The number of hydrogen-bond acceptors (Lipinski definition) is 0. The Kier molecular flexibility index (Phi) is 6.68. The molecule has 0 nitrogen and oxygen atoms in total. The van der Waals surface area contributed by atoms with Crippen LogP contribution in [0.25, 0.3) is 0 Å². The average molecular weight is 139 g/mol. The second-order valence-electron chi connectivity index (χ2n) is 2.80. The molecule has 0 fully saturated rings. The molecule has 0 aromatic carbocycles. The van der Waals surface area contributed by atoms with Crippen molar-refractivity contribution in [3.05, 3.63) is 18.6 Å². The van der Waals surface area contributed by atoms with Crippen LogP contribution >= 0.6 is 0 Å². The van der Waals surface area contributed by atoms with Gasteiger partial charge in [0, 0.05) is 0 Å². The van der Waals surface area contributed by atoms with Gasteiger partial charge < -0.3 is 0 Å². The molecule has 0 unspecified atom stereocenters. The van der Waals surface area contributed by atoms with Crippen LogP contribution in [0.3, 0.4) is 0 Å². The topological polar surface area (TPSA) is 0 Å². The quantitative estimate of drug-likeness (QED) is 0.509. The Balaban J connectivity index is 3.30. The summed E-state index contributed by atoms with van der Waals surface area (Å²) < 4.78 is 0. The normalized spacial score (nSPS) is 12.1. The predicted molar refractivity (Wildman–Crippen MR) is 47.9 cm³/mol. The predicted octanol–water partition coefficient (Wildman–Crippen LogP) is 3.74. The monoisotopic (exact) mass is 139 g/mol. The van der Waals surface area contributed by atoms with E-state index in [1.807, 2.05) is 0 Å². The minimum absolute atomic E-state index is 1.07. The lowest BCUT2D eigenvalue weighted by Crippen LogP contribution is -1.77. The molecule has 0 N–H and O–H groups in total. The van der Waals surface area contributed by atoms with Crippen molar-refractivity contribution in [2.45, 2.75) is 46.0 Å². The Labute approximate surface area is 65.3 Å². The van der Waals surface area contributed by atoms with Crippen LogP contribution in [-0.4, -0.2) is 0 Å². The Morgan fingerprint density at radius 3 is 2.70 bits per heavy atom. The zero-order valence-corrected chi connectivity index (χ0v) is 7.32. The molecular weight excluding hydrogens is 120 g/mol. The molecule has 0 heteroatoms. The van der Waals surface area contributed by atoms with Crippen molar-refractivity contribution in [1.29, 1.82) is 0 Å². The molecule has 59 valence electrons. The molecule has 0 aliphatic carbocycles. The first-order valence-electron chi connectivity index (χ1n) is 4.26. The van der Waals surface area contributed by atoms with Gasteiger partial charge in [0.2, 0.25) is 0 Å². The fourth-order valence-corrected chi connectivity index (χ4v) is 0.897. The van der Waals surface area contributed by atoms with E-state index in [1.54, 1.807) is 0 Å². The lowest BCUT2D eigenvalue weighted by Gasteiger charge is -1.97. The van der Waals surface area contributed by atoms with Crippen molar-refractivity contribution in [3.8, 4) is 0 Å². The molecule has 0 heterocycles. The first-order chi connectivity index (χ1) is 4.81. The van der Waals surface area contributed by atoms with Crippen LogP contribution in [0.15, 0.2) is 11.6 Å². The van der Waals surface area contributed by atoms with Gasteiger partial charge in [-0.15, -0.1) is 0 Å². The van der Waals surface area contributed by atoms with E-state index >= 15 is 0 Å². The Bertz CT molecular complexity index is 90.2. The van der Waals surface area contributed by atoms with E-state index in [1.165, 1.54) is 31.3 Å². The summed E-state index contributed by atoms with van der Waals surface area (Å²) in [5.74, 6) is 0. The summed E-state index contributed by atoms with van der Waals surface area (Å²) >= 11 is 0. The van der Waals surface area contributed by atoms with E-state index in [0.717, 1.165) is 6.42 Å². The molecule has 0 rings (SSSR count). The van der Waals surface area contributed by atoms with E-state index in [4.69, 9.17) is 0 Å². The summed E-state index contributed by atoms with van der Waals surface area (Å²) in [5.41, 5.74) is 1.53. The van der Waals surface area contributed by atoms with Crippen molar-refractivity contribution in [2.24, 2.45) is 0 Å². The first kappa shape index (κ1) is 9.74. The minimum Gasteiger partial charge on any atom is -0.0856 e. The largest absolute Gasteiger partial charge is 0.0856 e. The highest BCUT2D eigenvalue weighted by atomic mass is 13.9. The fraction of sp³-hybridized carbons (Fsp3) is 0.700. The lowest BCUT2D eigenvalue weighted by molar-refractivity contribution is 0.819. The maximum atomic E-state index is 3.81. The highest BCUT2D eigenvalue weighted by molar-refractivity contribution is 4.97. The highest BCUT2D eigenvalue weighted by Gasteiger charge is 1.86. The smallest absolute Gasteiger partial charge is 0.0323 e. The minimum atomic E-state index is 1.07. The number of hydrogen-bond donors (Lipinski definition) is 0. The SMILES string of the molecule is [CH2]CCC/C(C)=C/CCC.